The van der Waals surface area contributed by atoms with Gasteiger partial charge >= 0.3 is 0 Å². The first-order chi connectivity index (χ1) is 9.63. The van der Waals surface area contributed by atoms with Crippen LogP contribution >= 0.6 is 0 Å². The Hall–Kier alpha value is -1.95. The number of ether oxygens (including phenoxy) is 1. The van der Waals surface area contributed by atoms with E-state index >= 15 is 0 Å². The zero-order valence-corrected chi connectivity index (χ0v) is 11.8. The minimum atomic E-state index is -0.414. The molecule has 1 aromatic carbocycles. The molecule has 0 saturated carbocycles. The fourth-order valence-corrected chi connectivity index (χ4v) is 1.76. The van der Waals surface area contributed by atoms with E-state index in [0.717, 1.165) is 6.42 Å². The van der Waals surface area contributed by atoms with Crippen LogP contribution in [0.5, 0.6) is 5.75 Å². The van der Waals surface area contributed by atoms with E-state index in [4.69, 9.17) is 9.26 Å². The van der Waals surface area contributed by atoms with E-state index in [0.29, 0.717) is 29.7 Å². The van der Waals surface area contributed by atoms with Crippen LogP contribution < -0.4 is 10.1 Å². The summed E-state index contributed by atoms with van der Waals surface area (Å²) in [7, 11) is 3.33. The molecule has 20 heavy (non-hydrogen) atoms. The maximum atomic E-state index is 13.3. The summed E-state index contributed by atoms with van der Waals surface area (Å²) >= 11 is 0. The number of methoxy groups -OCH3 is 1. The number of aromatic nitrogens is 2. The highest BCUT2D eigenvalue weighted by Crippen LogP contribution is 2.24. The van der Waals surface area contributed by atoms with Crippen LogP contribution in [0.3, 0.4) is 0 Å². The van der Waals surface area contributed by atoms with Crippen LogP contribution in [0.15, 0.2) is 22.7 Å². The van der Waals surface area contributed by atoms with E-state index in [-0.39, 0.29) is 5.75 Å². The number of rotatable bonds is 6. The summed E-state index contributed by atoms with van der Waals surface area (Å²) in [5.41, 5.74) is 0.667. The van der Waals surface area contributed by atoms with Crippen LogP contribution in [-0.2, 0) is 6.42 Å². The molecule has 6 heteroatoms. The summed E-state index contributed by atoms with van der Waals surface area (Å²) in [5, 5.41) is 7.06. The zero-order chi connectivity index (χ0) is 14.5. The molecule has 1 unspecified atom stereocenters. The second kappa shape index (κ2) is 6.47. The average molecular weight is 279 g/mol. The van der Waals surface area contributed by atoms with Crippen molar-refractivity contribution in [3.8, 4) is 17.1 Å². The summed E-state index contributed by atoms with van der Waals surface area (Å²) in [4.78, 5) is 4.31. The molecule has 0 spiro atoms. The largest absolute Gasteiger partial charge is 0.494 e. The first-order valence-electron chi connectivity index (χ1n) is 6.47. The minimum absolute atomic E-state index is 0.164. The lowest BCUT2D eigenvalue weighted by Gasteiger charge is -2.06. The summed E-state index contributed by atoms with van der Waals surface area (Å²) in [6, 6.07) is 4.87. The number of hydrogen-bond acceptors (Lipinski definition) is 5. The standard InChI is InChI=1S/C14H18FN3O2/c1-9(16-2)4-7-13-17-14(18-20-13)10-5-6-11(15)12(8-10)19-3/h5-6,8-9,16H,4,7H2,1-3H3. The molecule has 1 N–H and O–H groups in total. The molecular formula is C14H18FN3O2. The van der Waals surface area contributed by atoms with Gasteiger partial charge in [0, 0.05) is 18.0 Å². The molecule has 0 aliphatic carbocycles. The van der Waals surface area contributed by atoms with Crippen LogP contribution in [0, 0.1) is 5.82 Å². The van der Waals surface area contributed by atoms with Gasteiger partial charge in [-0.05, 0) is 38.6 Å². The van der Waals surface area contributed by atoms with Gasteiger partial charge in [-0.15, -0.1) is 0 Å². The normalized spacial score (nSPS) is 12.4. The first-order valence-corrected chi connectivity index (χ1v) is 6.47. The summed E-state index contributed by atoms with van der Waals surface area (Å²) in [5.74, 6) is 0.765. The van der Waals surface area contributed by atoms with Gasteiger partial charge in [-0.3, -0.25) is 0 Å². The third kappa shape index (κ3) is 3.33. The summed E-state index contributed by atoms with van der Waals surface area (Å²) < 4.78 is 23.5. The molecule has 1 heterocycles. The molecule has 0 aliphatic heterocycles. The molecule has 2 aromatic rings. The maximum Gasteiger partial charge on any atom is 0.227 e. The highest BCUT2D eigenvalue weighted by Gasteiger charge is 2.12. The van der Waals surface area contributed by atoms with Crippen LogP contribution in [0.2, 0.25) is 0 Å². The Morgan fingerprint density at radius 3 is 2.95 bits per heavy atom. The van der Waals surface area contributed by atoms with E-state index in [2.05, 4.69) is 22.4 Å². The molecule has 0 fully saturated rings. The van der Waals surface area contributed by atoms with Gasteiger partial charge in [0.15, 0.2) is 11.6 Å². The van der Waals surface area contributed by atoms with Gasteiger partial charge in [-0.1, -0.05) is 5.16 Å². The van der Waals surface area contributed by atoms with Crippen molar-refractivity contribution < 1.29 is 13.7 Å². The number of nitrogens with zero attached hydrogens (tertiary/aromatic N) is 2. The molecule has 2 rings (SSSR count). The molecular weight excluding hydrogens is 261 g/mol. The van der Waals surface area contributed by atoms with E-state index in [9.17, 15) is 4.39 Å². The van der Waals surface area contributed by atoms with Gasteiger partial charge in [0.2, 0.25) is 11.7 Å². The fraction of sp³-hybridized carbons (Fsp3) is 0.429. The van der Waals surface area contributed by atoms with E-state index in [1.165, 1.54) is 13.2 Å². The van der Waals surface area contributed by atoms with Gasteiger partial charge in [0.25, 0.3) is 0 Å². The smallest absolute Gasteiger partial charge is 0.227 e. The van der Waals surface area contributed by atoms with Crippen molar-refractivity contribution >= 4 is 0 Å². The fourth-order valence-electron chi connectivity index (χ4n) is 1.76. The predicted molar refractivity (Wildman–Crippen MR) is 73.1 cm³/mol. The third-order valence-corrected chi connectivity index (χ3v) is 3.16. The summed E-state index contributed by atoms with van der Waals surface area (Å²) in [6.07, 6.45) is 1.61. The number of halogens is 1. The van der Waals surface area contributed by atoms with Gasteiger partial charge in [0.1, 0.15) is 0 Å². The van der Waals surface area contributed by atoms with E-state index < -0.39 is 5.82 Å². The lowest BCUT2D eigenvalue weighted by atomic mass is 10.2. The van der Waals surface area contributed by atoms with Crippen molar-refractivity contribution in [2.45, 2.75) is 25.8 Å². The number of aryl methyl sites for hydroxylation is 1. The van der Waals surface area contributed by atoms with Crippen LogP contribution in [0.1, 0.15) is 19.2 Å². The molecule has 0 radical (unpaired) electrons. The Labute approximate surface area is 117 Å². The van der Waals surface area contributed by atoms with Crippen molar-refractivity contribution in [2.75, 3.05) is 14.2 Å². The highest BCUT2D eigenvalue weighted by molar-refractivity contribution is 5.57. The Morgan fingerprint density at radius 1 is 1.45 bits per heavy atom. The molecule has 1 aromatic heterocycles. The molecule has 0 bridgehead atoms. The maximum absolute atomic E-state index is 13.3. The monoisotopic (exact) mass is 279 g/mol. The number of nitrogens with one attached hydrogen (secondary N) is 1. The average Bonchev–Trinajstić information content (AvgIpc) is 2.94. The van der Waals surface area contributed by atoms with E-state index in [1.807, 2.05) is 7.05 Å². The van der Waals surface area contributed by atoms with Crippen LogP contribution in [-0.4, -0.2) is 30.3 Å². The van der Waals surface area contributed by atoms with Crippen molar-refractivity contribution in [1.82, 2.24) is 15.5 Å². The summed E-state index contributed by atoms with van der Waals surface area (Å²) in [6.45, 7) is 2.09. The minimum Gasteiger partial charge on any atom is -0.494 e. The van der Waals surface area contributed by atoms with E-state index in [1.54, 1.807) is 12.1 Å². The molecule has 1 atom stereocenters. The van der Waals surface area contributed by atoms with Crippen molar-refractivity contribution in [1.29, 1.82) is 0 Å². The second-order valence-electron chi connectivity index (χ2n) is 4.59. The van der Waals surface area contributed by atoms with Crippen molar-refractivity contribution in [3.63, 3.8) is 0 Å². The van der Waals surface area contributed by atoms with Crippen LogP contribution in [0.4, 0.5) is 4.39 Å². The number of benzene rings is 1. The lowest BCUT2D eigenvalue weighted by molar-refractivity contribution is 0.369. The van der Waals surface area contributed by atoms with Gasteiger partial charge in [0.05, 0.1) is 7.11 Å². The van der Waals surface area contributed by atoms with Gasteiger partial charge < -0.3 is 14.6 Å². The SMILES string of the molecule is CNC(C)CCc1nc(-c2ccc(F)c(OC)c2)no1. The Bertz CT molecular complexity index is 571. The topological polar surface area (TPSA) is 60.2 Å². The number of hydrogen-bond donors (Lipinski definition) is 1. The van der Waals surface area contributed by atoms with Crippen molar-refractivity contribution in [3.05, 3.63) is 29.9 Å². The molecule has 0 saturated heterocycles. The predicted octanol–water partition coefficient (Wildman–Crippen LogP) is 2.42. The molecule has 108 valence electrons. The zero-order valence-electron chi connectivity index (χ0n) is 11.8. The first kappa shape index (κ1) is 14.5. The Balaban J connectivity index is 2.12. The van der Waals surface area contributed by atoms with Gasteiger partial charge in [-0.2, -0.15) is 4.98 Å². The molecule has 5 nitrogen and oxygen atoms in total. The highest BCUT2D eigenvalue weighted by atomic mass is 19.1. The Kier molecular flexibility index (Phi) is 4.68. The third-order valence-electron chi connectivity index (χ3n) is 3.16. The molecule has 0 aliphatic rings. The van der Waals surface area contributed by atoms with Crippen molar-refractivity contribution in [2.24, 2.45) is 0 Å². The molecule has 0 amide bonds. The van der Waals surface area contributed by atoms with Gasteiger partial charge in [-0.25, -0.2) is 4.39 Å². The Morgan fingerprint density at radius 2 is 2.25 bits per heavy atom. The lowest BCUT2D eigenvalue weighted by Crippen LogP contribution is -2.21. The second-order valence-corrected chi connectivity index (χ2v) is 4.59. The quantitative estimate of drug-likeness (QED) is 0.880. The van der Waals surface area contributed by atoms with Crippen LogP contribution in [0.25, 0.3) is 11.4 Å².